The van der Waals surface area contributed by atoms with Crippen molar-refractivity contribution in [2.45, 2.75) is 0 Å². The third kappa shape index (κ3) is 3.61. The van der Waals surface area contributed by atoms with Crippen LogP contribution in [0.2, 0.25) is 0 Å². The summed E-state index contributed by atoms with van der Waals surface area (Å²) >= 11 is 3.08. The van der Waals surface area contributed by atoms with Gasteiger partial charge in [0.2, 0.25) is 0 Å². The van der Waals surface area contributed by atoms with Crippen LogP contribution in [0.3, 0.4) is 0 Å². The standard InChI is InChI=1S/C13H9BrFN3O2/c14-12-6-9(4-5-13(12)15)8-16-17-10-2-1-3-11(7-10)18(19)20/h1-8,17H/b16-8+. The molecule has 20 heavy (non-hydrogen) atoms. The van der Waals surface area contributed by atoms with E-state index >= 15 is 0 Å². The topological polar surface area (TPSA) is 67.5 Å². The number of hydrogen-bond acceptors (Lipinski definition) is 4. The van der Waals surface area contributed by atoms with E-state index in [2.05, 4.69) is 26.5 Å². The molecule has 0 atom stereocenters. The second-order valence-corrected chi connectivity index (χ2v) is 4.71. The zero-order chi connectivity index (χ0) is 14.5. The molecule has 0 fully saturated rings. The molecule has 0 saturated heterocycles. The van der Waals surface area contributed by atoms with Gasteiger partial charge in [-0.3, -0.25) is 15.5 Å². The molecule has 0 aliphatic carbocycles. The van der Waals surface area contributed by atoms with Crippen molar-refractivity contribution in [2.75, 3.05) is 5.43 Å². The number of nitro benzene ring substituents is 1. The molecule has 5 nitrogen and oxygen atoms in total. The quantitative estimate of drug-likeness (QED) is 0.522. The summed E-state index contributed by atoms with van der Waals surface area (Å²) in [6.07, 6.45) is 1.49. The van der Waals surface area contributed by atoms with Crippen molar-refractivity contribution in [1.82, 2.24) is 0 Å². The van der Waals surface area contributed by atoms with Crippen LogP contribution >= 0.6 is 15.9 Å². The number of benzene rings is 2. The Morgan fingerprint density at radius 1 is 1.30 bits per heavy atom. The van der Waals surface area contributed by atoms with Gasteiger partial charge in [0, 0.05) is 12.1 Å². The summed E-state index contributed by atoms with van der Waals surface area (Å²) in [5, 5.41) is 14.6. The number of non-ortho nitro benzene ring substituents is 1. The molecule has 0 radical (unpaired) electrons. The Kier molecular flexibility index (Phi) is 4.41. The van der Waals surface area contributed by atoms with Crippen LogP contribution in [0.5, 0.6) is 0 Å². The summed E-state index contributed by atoms with van der Waals surface area (Å²) < 4.78 is 13.4. The minimum atomic E-state index is -0.480. The van der Waals surface area contributed by atoms with Crippen molar-refractivity contribution >= 4 is 33.5 Å². The summed E-state index contributed by atoms with van der Waals surface area (Å²) in [4.78, 5) is 10.1. The maximum Gasteiger partial charge on any atom is 0.271 e. The van der Waals surface area contributed by atoms with Gasteiger partial charge in [-0.05, 0) is 39.7 Å². The smallest absolute Gasteiger partial charge is 0.271 e. The number of nitrogens with zero attached hydrogens (tertiary/aromatic N) is 2. The summed E-state index contributed by atoms with van der Waals surface area (Å²) in [5.41, 5.74) is 3.85. The normalized spacial score (nSPS) is 10.7. The number of anilines is 1. The Morgan fingerprint density at radius 2 is 2.10 bits per heavy atom. The van der Waals surface area contributed by atoms with E-state index in [0.29, 0.717) is 15.7 Å². The minimum Gasteiger partial charge on any atom is -0.278 e. The van der Waals surface area contributed by atoms with Crippen LogP contribution in [0, 0.1) is 15.9 Å². The lowest BCUT2D eigenvalue weighted by molar-refractivity contribution is -0.384. The van der Waals surface area contributed by atoms with Gasteiger partial charge in [0.25, 0.3) is 5.69 Å². The number of halogens is 2. The molecule has 0 spiro atoms. The first kappa shape index (κ1) is 14.1. The molecule has 0 aliphatic heterocycles. The summed E-state index contributed by atoms with van der Waals surface area (Å²) in [5.74, 6) is -0.353. The van der Waals surface area contributed by atoms with Crippen molar-refractivity contribution in [3.8, 4) is 0 Å². The van der Waals surface area contributed by atoms with Crippen LogP contribution < -0.4 is 5.43 Å². The molecule has 0 saturated carbocycles. The average molecular weight is 338 g/mol. The lowest BCUT2D eigenvalue weighted by atomic mass is 10.2. The Morgan fingerprint density at radius 3 is 2.80 bits per heavy atom. The largest absolute Gasteiger partial charge is 0.278 e. The molecule has 102 valence electrons. The highest BCUT2D eigenvalue weighted by molar-refractivity contribution is 9.10. The third-order valence-corrected chi connectivity index (χ3v) is 3.02. The lowest BCUT2D eigenvalue weighted by Gasteiger charge is -2.00. The lowest BCUT2D eigenvalue weighted by Crippen LogP contribution is -1.93. The molecule has 0 aromatic heterocycles. The van der Waals surface area contributed by atoms with E-state index in [9.17, 15) is 14.5 Å². The highest BCUT2D eigenvalue weighted by atomic mass is 79.9. The van der Waals surface area contributed by atoms with Gasteiger partial charge in [-0.2, -0.15) is 5.10 Å². The molecule has 0 bridgehead atoms. The van der Waals surface area contributed by atoms with Crippen LogP contribution in [0.4, 0.5) is 15.8 Å². The van der Waals surface area contributed by atoms with Gasteiger partial charge in [0.05, 0.1) is 21.3 Å². The van der Waals surface area contributed by atoms with Crippen molar-refractivity contribution < 1.29 is 9.31 Å². The van der Waals surface area contributed by atoms with Crippen LogP contribution in [0.15, 0.2) is 52.0 Å². The first-order valence-corrected chi connectivity index (χ1v) is 6.34. The number of nitro groups is 1. The van der Waals surface area contributed by atoms with Gasteiger partial charge in [0.15, 0.2) is 0 Å². The molecule has 1 N–H and O–H groups in total. The van der Waals surface area contributed by atoms with Gasteiger partial charge < -0.3 is 0 Å². The van der Waals surface area contributed by atoms with Crippen molar-refractivity contribution in [3.63, 3.8) is 0 Å². The Balaban J connectivity index is 2.07. The van der Waals surface area contributed by atoms with Gasteiger partial charge in [-0.15, -0.1) is 0 Å². The second kappa shape index (κ2) is 6.25. The van der Waals surface area contributed by atoms with Gasteiger partial charge in [-0.25, -0.2) is 4.39 Å². The predicted octanol–water partition coefficient (Wildman–Crippen LogP) is 3.94. The summed E-state index contributed by atoms with van der Waals surface area (Å²) in [6, 6.07) is 10.4. The molecule has 2 rings (SSSR count). The van der Waals surface area contributed by atoms with Crippen LogP contribution in [0.1, 0.15) is 5.56 Å². The number of rotatable bonds is 4. The van der Waals surface area contributed by atoms with Gasteiger partial charge in [-0.1, -0.05) is 12.1 Å². The van der Waals surface area contributed by atoms with E-state index in [1.165, 1.54) is 24.4 Å². The van der Waals surface area contributed by atoms with E-state index in [1.54, 1.807) is 24.3 Å². The molecule has 0 unspecified atom stereocenters. The number of hydrogen-bond donors (Lipinski definition) is 1. The van der Waals surface area contributed by atoms with E-state index in [1.807, 2.05) is 0 Å². The van der Waals surface area contributed by atoms with Crippen molar-refractivity contribution in [2.24, 2.45) is 5.10 Å². The molecule has 0 heterocycles. The zero-order valence-corrected chi connectivity index (χ0v) is 11.7. The zero-order valence-electron chi connectivity index (χ0n) is 10.1. The number of nitrogens with one attached hydrogen (secondary N) is 1. The third-order valence-electron chi connectivity index (χ3n) is 2.41. The monoisotopic (exact) mass is 337 g/mol. The fourth-order valence-corrected chi connectivity index (χ4v) is 1.86. The fraction of sp³-hybridized carbons (Fsp3) is 0. The Hall–Kier alpha value is -2.28. The molecule has 7 heteroatoms. The summed E-state index contributed by atoms with van der Waals surface area (Å²) in [6.45, 7) is 0. The van der Waals surface area contributed by atoms with E-state index in [4.69, 9.17) is 0 Å². The molecule has 2 aromatic rings. The first-order valence-electron chi connectivity index (χ1n) is 5.55. The van der Waals surface area contributed by atoms with Crippen LogP contribution in [-0.4, -0.2) is 11.1 Å². The Labute approximate surface area is 122 Å². The molecular weight excluding hydrogens is 329 g/mol. The van der Waals surface area contributed by atoms with Gasteiger partial charge in [0.1, 0.15) is 5.82 Å². The number of hydrazone groups is 1. The molecule has 2 aromatic carbocycles. The van der Waals surface area contributed by atoms with Crippen molar-refractivity contribution in [3.05, 3.63) is 68.4 Å². The van der Waals surface area contributed by atoms with Gasteiger partial charge >= 0.3 is 0 Å². The SMILES string of the molecule is O=[N+]([O-])c1cccc(N/N=C/c2ccc(F)c(Br)c2)c1. The second-order valence-electron chi connectivity index (χ2n) is 3.85. The van der Waals surface area contributed by atoms with E-state index in [-0.39, 0.29) is 11.5 Å². The van der Waals surface area contributed by atoms with E-state index in [0.717, 1.165) is 0 Å². The fourth-order valence-electron chi connectivity index (χ4n) is 1.46. The summed E-state index contributed by atoms with van der Waals surface area (Å²) in [7, 11) is 0. The van der Waals surface area contributed by atoms with Crippen LogP contribution in [0.25, 0.3) is 0 Å². The highest BCUT2D eigenvalue weighted by Gasteiger charge is 2.04. The Bertz CT molecular complexity index is 676. The van der Waals surface area contributed by atoms with E-state index < -0.39 is 4.92 Å². The highest BCUT2D eigenvalue weighted by Crippen LogP contribution is 2.17. The average Bonchev–Trinajstić information content (AvgIpc) is 2.43. The molecule has 0 amide bonds. The predicted molar refractivity (Wildman–Crippen MR) is 78.4 cm³/mol. The minimum absolute atomic E-state index is 0.0188. The molecule has 0 aliphatic rings. The first-order chi connectivity index (χ1) is 9.56. The van der Waals surface area contributed by atoms with Crippen LogP contribution in [-0.2, 0) is 0 Å². The van der Waals surface area contributed by atoms with Crippen molar-refractivity contribution in [1.29, 1.82) is 0 Å². The maximum atomic E-state index is 13.0. The molecular formula is C13H9BrFN3O2. The maximum absolute atomic E-state index is 13.0.